The molecule has 3 aromatic rings. The van der Waals surface area contributed by atoms with Crippen LogP contribution >= 0.6 is 0 Å². The second-order valence-corrected chi connectivity index (χ2v) is 5.43. The van der Waals surface area contributed by atoms with Gasteiger partial charge >= 0.3 is 0 Å². The first-order valence-electron chi connectivity index (χ1n) is 7.22. The van der Waals surface area contributed by atoms with Crippen LogP contribution in [0, 0.1) is 6.92 Å². The summed E-state index contributed by atoms with van der Waals surface area (Å²) in [5.41, 5.74) is 13.0. The van der Waals surface area contributed by atoms with Gasteiger partial charge < -0.3 is 5.73 Å². The van der Waals surface area contributed by atoms with Gasteiger partial charge in [0.2, 0.25) is 0 Å². The van der Waals surface area contributed by atoms with Gasteiger partial charge in [-0.3, -0.25) is 0 Å². The zero-order valence-corrected chi connectivity index (χ0v) is 12.2. The first-order chi connectivity index (χ1) is 10.2. The number of benzene rings is 3. The van der Waals surface area contributed by atoms with Crippen LogP contribution in [-0.2, 0) is 6.42 Å². The summed E-state index contributed by atoms with van der Waals surface area (Å²) in [4.78, 5) is 0. The number of anilines is 1. The van der Waals surface area contributed by atoms with Crippen LogP contribution in [0.5, 0.6) is 0 Å². The van der Waals surface area contributed by atoms with Gasteiger partial charge in [0, 0.05) is 5.69 Å². The van der Waals surface area contributed by atoms with Crippen molar-refractivity contribution in [2.24, 2.45) is 0 Å². The summed E-state index contributed by atoms with van der Waals surface area (Å²) in [6.07, 6.45) is 0.974. The molecule has 3 rings (SSSR count). The highest BCUT2D eigenvalue weighted by molar-refractivity contribution is 5.67. The number of hydrogen-bond donors (Lipinski definition) is 1. The molecule has 0 heterocycles. The summed E-state index contributed by atoms with van der Waals surface area (Å²) in [6, 6.07) is 25.5. The molecule has 0 aliphatic rings. The quantitative estimate of drug-likeness (QED) is 0.679. The molecule has 2 N–H and O–H groups in total. The van der Waals surface area contributed by atoms with Crippen molar-refractivity contribution in [3.63, 3.8) is 0 Å². The monoisotopic (exact) mass is 273 g/mol. The van der Waals surface area contributed by atoms with Crippen molar-refractivity contribution in [2.45, 2.75) is 13.3 Å². The van der Waals surface area contributed by atoms with Gasteiger partial charge in [-0.05, 0) is 53.3 Å². The lowest BCUT2D eigenvalue weighted by molar-refractivity contribution is 1.19. The number of nitrogens with two attached hydrogens (primary N) is 1. The molecule has 0 saturated heterocycles. The van der Waals surface area contributed by atoms with Crippen molar-refractivity contribution in [2.75, 3.05) is 5.73 Å². The van der Waals surface area contributed by atoms with Crippen LogP contribution in [0.3, 0.4) is 0 Å². The van der Waals surface area contributed by atoms with Gasteiger partial charge in [0.1, 0.15) is 0 Å². The van der Waals surface area contributed by atoms with Crippen LogP contribution in [0.4, 0.5) is 5.69 Å². The lowest BCUT2D eigenvalue weighted by atomic mass is 9.99. The highest BCUT2D eigenvalue weighted by Gasteiger charge is 2.01. The number of aryl methyl sites for hydroxylation is 1. The predicted molar refractivity (Wildman–Crippen MR) is 90.3 cm³/mol. The highest BCUT2D eigenvalue weighted by atomic mass is 14.5. The van der Waals surface area contributed by atoms with Gasteiger partial charge in [-0.2, -0.15) is 0 Å². The van der Waals surface area contributed by atoms with Crippen LogP contribution in [0.15, 0.2) is 72.8 Å². The van der Waals surface area contributed by atoms with E-state index in [1.807, 2.05) is 13.0 Å². The minimum atomic E-state index is 0.847. The summed E-state index contributed by atoms with van der Waals surface area (Å²) >= 11 is 0. The summed E-state index contributed by atoms with van der Waals surface area (Å²) in [6.45, 7) is 2.04. The molecule has 0 amide bonds. The van der Waals surface area contributed by atoms with E-state index in [-0.39, 0.29) is 0 Å². The Morgan fingerprint density at radius 1 is 0.714 bits per heavy atom. The molecule has 0 spiro atoms. The Kier molecular flexibility index (Phi) is 3.74. The molecule has 21 heavy (non-hydrogen) atoms. The second kappa shape index (κ2) is 5.84. The van der Waals surface area contributed by atoms with E-state index in [9.17, 15) is 0 Å². The highest BCUT2D eigenvalue weighted by Crippen LogP contribution is 2.24. The van der Waals surface area contributed by atoms with Crippen LogP contribution in [0.25, 0.3) is 11.1 Å². The lowest BCUT2D eigenvalue weighted by Gasteiger charge is -2.07. The van der Waals surface area contributed by atoms with Crippen molar-refractivity contribution < 1.29 is 0 Å². The SMILES string of the molecule is Cc1cc(-c2ccc(Cc3ccccc3)cc2)ccc1N. The summed E-state index contributed by atoms with van der Waals surface area (Å²) in [7, 11) is 0. The summed E-state index contributed by atoms with van der Waals surface area (Å²) in [5, 5.41) is 0. The molecule has 0 aromatic heterocycles. The van der Waals surface area contributed by atoms with Gasteiger partial charge in [-0.15, -0.1) is 0 Å². The number of nitrogen functional groups attached to an aromatic ring is 1. The maximum atomic E-state index is 5.88. The Balaban J connectivity index is 1.82. The molecule has 0 aliphatic heterocycles. The van der Waals surface area contributed by atoms with Gasteiger partial charge in [-0.25, -0.2) is 0 Å². The van der Waals surface area contributed by atoms with E-state index in [1.54, 1.807) is 0 Å². The fraction of sp³-hybridized carbons (Fsp3) is 0.100. The second-order valence-electron chi connectivity index (χ2n) is 5.43. The standard InChI is InChI=1S/C20H19N/c1-15-13-19(11-12-20(15)21)18-9-7-17(8-10-18)14-16-5-3-2-4-6-16/h2-13H,14,21H2,1H3. The predicted octanol–water partition coefficient (Wildman–Crippen LogP) is 4.84. The smallest absolute Gasteiger partial charge is 0.0344 e. The van der Waals surface area contributed by atoms with Crippen LogP contribution < -0.4 is 5.73 Å². The topological polar surface area (TPSA) is 26.0 Å². The first-order valence-corrected chi connectivity index (χ1v) is 7.22. The molecule has 0 fully saturated rings. The molecule has 0 atom stereocenters. The van der Waals surface area contributed by atoms with Crippen LogP contribution in [0.1, 0.15) is 16.7 Å². The van der Waals surface area contributed by atoms with Crippen LogP contribution in [0.2, 0.25) is 0 Å². The van der Waals surface area contributed by atoms with E-state index >= 15 is 0 Å². The molecule has 0 saturated carbocycles. The van der Waals surface area contributed by atoms with Crippen molar-refractivity contribution in [3.8, 4) is 11.1 Å². The van der Waals surface area contributed by atoms with Gasteiger partial charge in [0.05, 0.1) is 0 Å². The number of hydrogen-bond acceptors (Lipinski definition) is 1. The molecule has 104 valence electrons. The Bertz CT molecular complexity index is 728. The molecule has 1 nitrogen and oxygen atoms in total. The third kappa shape index (κ3) is 3.14. The van der Waals surface area contributed by atoms with Crippen molar-refractivity contribution in [1.29, 1.82) is 0 Å². The molecule has 0 aliphatic carbocycles. The Morgan fingerprint density at radius 2 is 1.33 bits per heavy atom. The maximum Gasteiger partial charge on any atom is 0.0344 e. The molecular weight excluding hydrogens is 254 g/mol. The number of rotatable bonds is 3. The molecule has 1 heteroatoms. The molecular formula is C20H19N. The Hall–Kier alpha value is -2.54. The molecule has 0 bridgehead atoms. The first kappa shape index (κ1) is 13.4. The molecule has 0 unspecified atom stereocenters. The van der Waals surface area contributed by atoms with E-state index in [2.05, 4.69) is 66.7 Å². The lowest BCUT2D eigenvalue weighted by Crippen LogP contribution is -1.90. The molecule has 3 aromatic carbocycles. The summed E-state index contributed by atoms with van der Waals surface area (Å²) in [5.74, 6) is 0. The summed E-state index contributed by atoms with van der Waals surface area (Å²) < 4.78 is 0. The van der Waals surface area contributed by atoms with Gasteiger partial charge in [-0.1, -0.05) is 60.7 Å². The van der Waals surface area contributed by atoms with E-state index in [0.29, 0.717) is 0 Å². The largest absolute Gasteiger partial charge is 0.399 e. The van der Waals surface area contributed by atoms with Crippen LogP contribution in [-0.4, -0.2) is 0 Å². The zero-order chi connectivity index (χ0) is 14.7. The fourth-order valence-electron chi connectivity index (χ4n) is 2.50. The maximum absolute atomic E-state index is 5.88. The normalized spacial score (nSPS) is 10.5. The third-order valence-corrected chi connectivity index (χ3v) is 3.81. The van der Waals surface area contributed by atoms with E-state index < -0.39 is 0 Å². The average Bonchev–Trinajstić information content (AvgIpc) is 2.52. The average molecular weight is 273 g/mol. The minimum Gasteiger partial charge on any atom is -0.399 e. The van der Waals surface area contributed by atoms with Crippen molar-refractivity contribution in [1.82, 2.24) is 0 Å². The van der Waals surface area contributed by atoms with E-state index in [4.69, 9.17) is 5.73 Å². The van der Waals surface area contributed by atoms with E-state index in [1.165, 1.54) is 22.3 Å². The Morgan fingerprint density at radius 3 is 2.00 bits per heavy atom. The minimum absolute atomic E-state index is 0.847. The molecule has 0 radical (unpaired) electrons. The zero-order valence-electron chi connectivity index (χ0n) is 12.2. The van der Waals surface area contributed by atoms with Gasteiger partial charge in [0.15, 0.2) is 0 Å². The van der Waals surface area contributed by atoms with Gasteiger partial charge in [0.25, 0.3) is 0 Å². The third-order valence-electron chi connectivity index (χ3n) is 3.81. The van der Waals surface area contributed by atoms with Crippen molar-refractivity contribution in [3.05, 3.63) is 89.5 Å². The fourth-order valence-corrected chi connectivity index (χ4v) is 2.50. The van der Waals surface area contributed by atoms with E-state index in [0.717, 1.165) is 17.7 Å². The Labute approximate surface area is 126 Å². The van der Waals surface area contributed by atoms with Crippen molar-refractivity contribution >= 4 is 5.69 Å².